The number of amides is 1. The lowest BCUT2D eigenvalue weighted by Crippen LogP contribution is -2.35. The Morgan fingerprint density at radius 2 is 1.77 bits per heavy atom. The fourth-order valence-corrected chi connectivity index (χ4v) is 4.57. The lowest BCUT2D eigenvalue weighted by atomic mass is 10.1. The maximum atomic E-state index is 12.2. The van der Waals surface area contributed by atoms with Crippen molar-refractivity contribution in [2.24, 2.45) is 0 Å². The maximum Gasteiger partial charge on any atom is 0.221 e. The summed E-state index contributed by atoms with van der Waals surface area (Å²) in [6.07, 6.45) is 6.64. The highest BCUT2D eigenvalue weighted by Crippen LogP contribution is 2.22. The van der Waals surface area contributed by atoms with Gasteiger partial charge in [0.15, 0.2) is 9.84 Å². The molecule has 1 aliphatic carbocycles. The van der Waals surface area contributed by atoms with Crippen LogP contribution in [-0.4, -0.2) is 26.1 Å². The molecule has 0 spiro atoms. The zero-order chi connectivity index (χ0) is 16.0. The molecule has 0 bridgehead atoms. The number of carbonyl (C=O) groups is 1. The molecule has 1 fully saturated rings. The molecule has 2 rings (SSSR count). The third-order valence-corrected chi connectivity index (χ3v) is 6.20. The van der Waals surface area contributed by atoms with Crippen molar-refractivity contribution in [3.05, 3.63) is 29.3 Å². The zero-order valence-corrected chi connectivity index (χ0v) is 14.1. The molecule has 1 saturated carbocycles. The van der Waals surface area contributed by atoms with E-state index < -0.39 is 9.84 Å². The Balaban J connectivity index is 1.88. The highest BCUT2D eigenvalue weighted by Gasteiger charge is 2.20. The Morgan fingerprint density at radius 1 is 1.14 bits per heavy atom. The van der Waals surface area contributed by atoms with Crippen molar-refractivity contribution in [1.82, 2.24) is 5.32 Å². The predicted octanol–water partition coefficient (Wildman–Crippen LogP) is 3.34. The van der Waals surface area contributed by atoms with Gasteiger partial charge in [0.1, 0.15) is 0 Å². The number of benzene rings is 1. The van der Waals surface area contributed by atoms with E-state index in [9.17, 15) is 13.2 Å². The summed E-state index contributed by atoms with van der Waals surface area (Å²) in [4.78, 5) is 12.1. The number of halogens is 1. The molecule has 0 aromatic heterocycles. The molecule has 1 aliphatic rings. The first-order valence-corrected chi connectivity index (χ1v) is 9.79. The van der Waals surface area contributed by atoms with Gasteiger partial charge >= 0.3 is 0 Å². The highest BCUT2D eigenvalue weighted by molar-refractivity contribution is 7.91. The smallest absolute Gasteiger partial charge is 0.221 e. The number of rotatable bonds is 5. The van der Waals surface area contributed by atoms with Crippen molar-refractivity contribution in [3.8, 4) is 0 Å². The molecular formula is C16H22ClNO3S. The van der Waals surface area contributed by atoms with E-state index in [0.29, 0.717) is 0 Å². The van der Waals surface area contributed by atoms with Gasteiger partial charge in [0.05, 0.1) is 15.7 Å². The van der Waals surface area contributed by atoms with Gasteiger partial charge in [-0.1, -0.05) is 49.4 Å². The Bertz CT molecular complexity index is 608. The van der Waals surface area contributed by atoms with Crippen LogP contribution in [-0.2, 0) is 14.6 Å². The fourth-order valence-electron chi connectivity index (χ4n) is 2.76. The van der Waals surface area contributed by atoms with Gasteiger partial charge in [0.2, 0.25) is 5.91 Å². The van der Waals surface area contributed by atoms with E-state index in [-0.39, 0.29) is 34.0 Å². The molecule has 22 heavy (non-hydrogen) atoms. The second kappa shape index (κ2) is 7.97. The van der Waals surface area contributed by atoms with Gasteiger partial charge in [-0.05, 0) is 25.0 Å². The third-order valence-electron chi connectivity index (χ3n) is 3.99. The van der Waals surface area contributed by atoms with Crippen molar-refractivity contribution < 1.29 is 13.2 Å². The molecule has 6 heteroatoms. The number of sulfone groups is 1. The van der Waals surface area contributed by atoms with Crippen LogP contribution in [0, 0.1) is 0 Å². The summed E-state index contributed by atoms with van der Waals surface area (Å²) in [5.74, 6) is -0.405. The van der Waals surface area contributed by atoms with Gasteiger partial charge in [0.25, 0.3) is 0 Å². The van der Waals surface area contributed by atoms with Gasteiger partial charge in [0, 0.05) is 12.5 Å². The van der Waals surface area contributed by atoms with Crippen LogP contribution in [0.2, 0.25) is 5.02 Å². The third kappa shape index (κ3) is 4.99. The number of hydrogen-bond acceptors (Lipinski definition) is 3. The van der Waals surface area contributed by atoms with Crippen LogP contribution in [0.15, 0.2) is 29.2 Å². The summed E-state index contributed by atoms with van der Waals surface area (Å²) in [6, 6.07) is 6.52. The summed E-state index contributed by atoms with van der Waals surface area (Å²) in [7, 11) is -3.53. The van der Waals surface area contributed by atoms with Crippen LogP contribution in [0.3, 0.4) is 0 Å². The second-order valence-corrected chi connectivity index (χ2v) is 8.24. The first-order chi connectivity index (χ1) is 10.5. The van der Waals surface area contributed by atoms with Crippen molar-refractivity contribution in [2.45, 2.75) is 55.9 Å². The quantitative estimate of drug-likeness (QED) is 0.834. The molecule has 0 unspecified atom stereocenters. The topological polar surface area (TPSA) is 63.2 Å². The van der Waals surface area contributed by atoms with E-state index in [2.05, 4.69) is 5.32 Å². The number of carbonyl (C=O) groups excluding carboxylic acids is 1. The van der Waals surface area contributed by atoms with E-state index in [0.717, 1.165) is 25.7 Å². The molecule has 1 aromatic rings. The molecule has 0 radical (unpaired) electrons. The average molecular weight is 344 g/mol. The molecule has 4 nitrogen and oxygen atoms in total. The first-order valence-electron chi connectivity index (χ1n) is 7.76. The van der Waals surface area contributed by atoms with Crippen LogP contribution in [0.1, 0.15) is 44.9 Å². The van der Waals surface area contributed by atoms with Crippen LogP contribution in [0.25, 0.3) is 0 Å². The molecule has 0 atom stereocenters. The number of nitrogens with one attached hydrogen (secondary N) is 1. The Labute approximate surface area is 137 Å². The van der Waals surface area contributed by atoms with Crippen molar-refractivity contribution in [2.75, 3.05) is 5.75 Å². The van der Waals surface area contributed by atoms with Gasteiger partial charge < -0.3 is 5.32 Å². The molecule has 1 N–H and O–H groups in total. The summed E-state index contributed by atoms with van der Waals surface area (Å²) < 4.78 is 24.5. The normalized spacial score (nSPS) is 17.0. The van der Waals surface area contributed by atoms with E-state index in [4.69, 9.17) is 11.6 Å². The van der Waals surface area contributed by atoms with E-state index >= 15 is 0 Å². The molecule has 0 heterocycles. The molecule has 1 aromatic carbocycles. The minimum atomic E-state index is -3.53. The minimum Gasteiger partial charge on any atom is -0.353 e. The fraction of sp³-hybridized carbons (Fsp3) is 0.562. The van der Waals surface area contributed by atoms with E-state index in [1.54, 1.807) is 18.2 Å². The van der Waals surface area contributed by atoms with Gasteiger partial charge in [-0.15, -0.1) is 0 Å². The van der Waals surface area contributed by atoms with E-state index in [1.165, 1.54) is 18.9 Å². The average Bonchev–Trinajstić information content (AvgIpc) is 2.74. The van der Waals surface area contributed by atoms with Crippen LogP contribution in [0.5, 0.6) is 0 Å². The van der Waals surface area contributed by atoms with Crippen molar-refractivity contribution in [1.29, 1.82) is 0 Å². The lowest BCUT2D eigenvalue weighted by molar-refractivity contribution is -0.121. The first kappa shape index (κ1) is 17.3. The van der Waals surface area contributed by atoms with Crippen LogP contribution in [0.4, 0.5) is 0 Å². The summed E-state index contributed by atoms with van der Waals surface area (Å²) in [6.45, 7) is 0. The molecular weight excluding hydrogens is 322 g/mol. The van der Waals surface area contributed by atoms with Crippen LogP contribution >= 0.6 is 11.6 Å². The Morgan fingerprint density at radius 3 is 2.41 bits per heavy atom. The van der Waals surface area contributed by atoms with Gasteiger partial charge in [-0.3, -0.25) is 4.79 Å². The van der Waals surface area contributed by atoms with Crippen molar-refractivity contribution in [3.63, 3.8) is 0 Å². The lowest BCUT2D eigenvalue weighted by Gasteiger charge is -2.16. The largest absolute Gasteiger partial charge is 0.353 e. The van der Waals surface area contributed by atoms with Crippen LogP contribution < -0.4 is 5.32 Å². The van der Waals surface area contributed by atoms with Gasteiger partial charge in [-0.25, -0.2) is 8.42 Å². The summed E-state index contributed by atoms with van der Waals surface area (Å²) in [5.41, 5.74) is 0. The SMILES string of the molecule is O=C(CCS(=O)(=O)c1ccccc1Cl)NC1CCCCCC1. The Hall–Kier alpha value is -1.07. The monoisotopic (exact) mass is 343 g/mol. The van der Waals surface area contributed by atoms with E-state index in [1.807, 2.05) is 0 Å². The maximum absolute atomic E-state index is 12.2. The summed E-state index contributed by atoms with van der Waals surface area (Å²) >= 11 is 5.92. The molecule has 1 amide bonds. The van der Waals surface area contributed by atoms with Gasteiger partial charge in [-0.2, -0.15) is 0 Å². The Kier molecular flexibility index (Phi) is 6.26. The summed E-state index contributed by atoms with van der Waals surface area (Å²) in [5, 5.41) is 3.16. The number of hydrogen-bond donors (Lipinski definition) is 1. The second-order valence-electron chi connectivity index (χ2n) is 5.76. The molecule has 0 saturated heterocycles. The molecule has 122 valence electrons. The highest BCUT2D eigenvalue weighted by atomic mass is 35.5. The predicted molar refractivity (Wildman–Crippen MR) is 87.8 cm³/mol. The standard InChI is InChI=1S/C16H22ClNO3S/c17-14-9-5-6-10-15(14)22(20,21)12-11-16(19)18-13-7-3-1-2-4-8-13/h5-6,9-10,13H,1-4,7-8,11-12H2,(H,18,19). The van der Waals surface area contributed by atoms with Crippen molar-refractivity contribution >= 4 is 27.3 Å². The zero-order valence-electron chi connectivity index (χ0n) is 12.6. The molecule has 0 aliphatic heterocycles. The minimum absolute atomic E-state index is 0.0238.